The third-order valence-electron chi connectivity index (χ3n) is 4.18. The van der Waals surface area contributed by atoms with E-state index >= 15 is 0 Å². The van der Waals surface area contributed by atoms with E-state index in [4.69, 9.17) is 0 Å². The van der Waals surface area contributed by atoms with Crippen LogP contribution in [0.15, 0.2) is 24.3 Å². The Bertz CT molecular complexity index is 789. The average molecular weight is 366 g/mol. The van der Waals surface area contributed by atoms with Crippen molar-refractivity contribution in [1.82, 2.24) is 15.5 Å². The van der Waals surface area contributed by atoms with Gasteiger partial charge in [0.05, 0.1) is 11.3 Å². The molecule has 0 bridgehead atoms. The zero-order chi connectivity index (χ0) is 18.9. The van der Waals surface area contributed by atoms with Gasteiger partial charge in [0.2, 0.25) is 5.91 Å². The van der Waals surface area contributed by atoms with Gasteiger partial charge < -0.3 is 15.7 Å². The van der Waals surface area contributed by atoms with Gasteiger partial charge >= 0.3 is 6.18 Å². The molecule has 0 aliphatic carbocycles. The number of aromatic nitrogens is 2. The predicted octanol–water partition coefficient (Wildman–Crippen LogP) is 2.87. The van der Waals surface area contributed by atoms with E-state index in [0.29, 0.717) is 31.3 Å². The first-order valence-corrected chi connectivity index (χ1v) is 8.02. The number of amides is 1. The number of phenolic OH excluding ortho intramolecular Hbond substituents is 1. The van der Waals surface area contributed by atoms with Crippen LogP contribution in [-0.2, 0) is 11.0 Å². The molecule has 1 atom stereocenters. The van der Waals surface area contributed by atoms with Crippen LogP contribution in [0.25, 0.3) is 11.3 Å². The lowest BCUT2D eigenvalue weighted by Crippen LogP contribution is -2.42. The molecule has 0 saturated carbocycles. The lowest BCUT2D eigenvalue weighted by molar-refractivity contribution is -0.137. The summed E-state index contributed by atoms with van der Waals surface area (Å²) in [7, 11) is 0. The van der Waals surface area contributed by atoms with E-state index in [2.05, 4.69) is 20.8 Å². The lowest BCUT2D eigenvalue weighted by Gasteiger charge is -2.23. The van der Waals surface area contributed by atoms with E-state index in [0.717, 1.165) is 6.07 Å². The normalized spacial score (nSPS) is 17.7. The number of nitrogens with zero attached hydrogens (tertiary/aromatic N) is 2. The summed E-state index contributed by atoms with van der Waals surface area (Å²) in [6.45, 7) is 1.96. The number of aromatic hydroxyl groups is 1. The Balaban J connectivity index is 1.79. The second-order valence-electron chi connectivity index (χ2n) is 6.17. The van der Waals surface area contributed by atoms with Crippen molar-refractivity contribution in [2.75, 3.05) is 11.9 Å². The molecule has 138 valence electrons. The van der Waals surface area contributed by atoms with E-state index in [9.17, 15) is 23.1 Å². The number of hydrogen-bond acceptors (Lipinski definition) is 5. The van der Waals surface area contributed by atoms with E-state index in [-0.39, 0.29) is 28.8 Å². The fourth-order valence-corrected chi connectivity index (χ4v) is 2.87. The summed E-state index contributed by atoms with van der Waals surface area (Å²) < 4.78 is 38.4. The Morgan fingerprint density at radius 2 is 2.04 bits per heavy atom. The fourth-order valence-electron chi connectivity index (χ4n) is 2.87. The van der Waals surface area contributed by atoms with Crippen LogP contribution in [0.2, 0.25) is 0 Å². The van der Waals surface area contributed by atoms with Crippen LogP contribution in [0.5, 0.6) is 5.75 Å². The van der Waals surface area contributed by atoms with Gasteiger partial charge in [0.25, 0.3) is 0 Å². The van der Waals surface area contributed by atoms with Crippen molar-refractivity contribution in [3.05, 3.63) is 35.4 Å². The molecule has 3 N–H and O–H groups in total. The van der Waals surface area contributed by atoms with Crippen molar-refractivity contribution in [3.63, 3.8) is 0 Å². The minimum atomic E-state index is -4.53. The van der Waals surface area contributed by atoms with Crippen LogP contribution in [-0.4, -0.2) is 33.8 Å². The summed E-state index contributed by atoms with van der Waals surface area (Å²) in [6.07, 6.45) is -3.43. The molecule has 9 heteroatoms. The number of hydrogen-bond donors (Lipinski definition) is 3. The van der Waals surface area contributed by atoms with Gasteiger partial charge in [0.1, 0.15) is 11.6 Å². The maximum absolute atomic E-state index is 12.8. The summed E-state index contributed by atoms with van der Waals surface area (Å²) in [5.74, 6) is -0.000910. The Kier molecular flexibility index (Phi) is 4.71. The standard InChI is InChI=1S/C17H17F3N4O2/c1-9-6-10(17(18,19)20)7-13(25)16(9)12-3-4-14(24-23-12)22-11-2-5-15(26)21-8-11/h3-4,6-7,11,25H,2,5,8H2,1H3,(H,21,26)(H,22,24)/t11-/m0/s1. The molecule has 3 rings (SSSR count). The molecule has 2 aromatic rings. The van der Waals surface area contributed by atoms with Crippen LogP contribution < -0.4 is 10.6 Å². The molecular formula is C17H17F3N4O2. The zero-order valence-electron chi connectivity index (χ0n) is 13.9. The molecule has 1 fully saturated rings. The lowest BCUT2D eigenvalue weighted by atomic mass is 10.0. The minimum Gasteiger partial charge on any atom is -0.507 e. The number of carbonyl (C=O) groups excluding carboxylic acids is 1. The highest BCUT2D eigenvalue weighted by Crippen LogP contribution is 2.38. The summed E-state index contributed by atoms with van der Waals surface area (Å²) in [5, 5.41) is 23.9. The van der Waals surface area contributed by atoms with Gasteiger partial charge in [0, 0.05) is 24.6 Å². The highest BCUT2D eigenvalue weighted by atomic mass is 19.4. The third kappa shape index (κ3) is 3.87. The molecule has 1 aliphatic heterocycles. The Hall–Kier alpha value is -2.84. The highest BCUT2D eigenvalue weighted by molar-refractivity contribution is 5.77. The number of benzene rings is 1. The first-order valence-electron chi connectivity index (χ1n) is 8.02. The Labute approximate surface area is 147 Å². The number of piperidine rings is 1. The topological polar surface area (TPSA) is 87.1 Å². The van der Waals surface area contributed by atoms with Crippen molar-refractivity contribution in [3.8, 4) is 17.0 Å². The summed E-state index contributed by atoms with van der Waals surface area (Å²) in [4.78, 5) is 11.2. The van der Waals surface area contributed by atoms with Crippen LogP contribution in [0.4, 0.5) is 19.0 Å². The number of carbonyl (C=O) groups is 1. The quantitative estimate of drug-likeness (QED) is 0.778. The zero-order valence-corrected chi connectivity index (χ0v) is 13.9. The number of phenols is 1. The molecule has 0 unspecified atom stereocenters. The molecule has 2 heterocycles. The van der Waals surface area contributed by atoms with Crippen LogP contribution in [0.1, 0.15) is 24.0 Å². The molecule has 0 spiro atoms. The number of anilines is 1. The van der Waals surface area contributed by atoms with Gasteiger partial charge in [0.15, 0.2) is 0 Å². The number of nitrogens with one attached hydrogen (secondary N) is 2. The predicted molar refractivity (Wildman–Crippen MR) is 88.5 cm³/mol. The fraction of sp³-hybridized carbons (Fsp3) is 0.353. The van der Waals surface area contributed by atoms with Crippen molar-refractivity contribution < 1.29 is 23.1 Å². The molecular weight excluding hydrogens is 349 g/mol. The molecule has 1 saturated heterocycles. The maximum Gasteiger partial charge on any atom is 0.416 e. The van der Waals surface area contributed by atoms with E-state index in [1.165, 1.54) is 6.92 Å². The maximum atomic E-state index is 12.8. The van der Waals surface area contributed by atoms with Gasteiger partial charge in [-0.25, -0.2) is 0 Å². The van der Waals surface area contributed by atoms with Crippen LogP contribution in [0, 0.1) is 6.92 Å². The largest absolute Gasteiger partial charge is 0.507 e. The van der Waals surface area contributed by atoms with E-state index in [1.807, 2.05) is 0 Å². The smallest absolute Gasteiger partial charge is 0.416 e. The van der Waals surface area contributed by atoms with Crippen LogP contribution in [0.3, 0.4) is 0 Å². The van der Waals surface area contributed by atoms with Gasteiger partial charge in [-0.1, -0.05) is 0 Å². The van der Waals surface area contributed by atoms with Crippen molar-refractivity contribution >= 4 is 11.7 Å². The van der Waals surface area contributed by atoms with Gasteiger partial charge in [-0.3, -0.25) is 4.79 Å². The van der Waals surface area contributed by atoms with E-state index < -0.39 is 17.5 Å². The molecule has 1 amide bonds. The third-order valence-corrected chi connectivity index (χ3v) is 4.18. The van der Waals surface area contributed by atoms with Crippen LogP contribution >= 0.6 is 0 Å². The number of rotatable bonds is 3. The molecule has 26 heavy (non-hydrogen) atoms. The number of aryl methyl sites for hydroxylation is 1. The molecule has 6 nitrogen and oxygen atoms in total. The molecule has 0 radical (unpaired) electrons. The summed E-state index contributed by atoms with van der Waals surface area (Å²) in [5.41, 5.74) is -0.178. The van der Waals surface area contributed by atoms with Gasteiger partial charge in [-0.2, -0.15) is 13.2 Å². The van der Waals surface area contributed by atoms with Crippen molar-refractivity contribution in [2.24, 2.45) is 0 Å². The molecule has 1 aromatic carbocycles. The number of halogens is 3. The first-order chi connectivity index (χ1) is 12.2. The average Bonchev–Trinajstić information content (AvgIpc) is 2.57. The Morgan fingerprint density at radius 3 is 2.58 bits per heavy atom. The second-order valence-corrected chi connectivity index (χ2v) is 6.17. The van der Waals surface area contributed by atoms with Gasteiger partial charge in [-0.15, -0.1) is 10.2 Å². The van der Waals surface area contributed by atoms with Crippen molar-refractivity contribution in [2.45, 2.75) is 32.0 Å². The monoisotopic (exact) mass is 366 g/mol. The van der Waals surface area contributed by atoms with Crippen molar-refractivity contribution in [1.29, 1.82) is 0 Å². The summed E-state index contributed by atoms with van der Waals surface area (Å²) >= 11 is 0. The van der Waals surface area contributed by atoms with E-state index in [1.54, 1.807) is 12.1 Å². The number of alkyl halides is 3. The first kappa shape index (κ1) is 18.0. The minimum absolute atomic E-state index is 0.0118. The molecule has 1 aliphatic rings. The molecule has 1 aromatic heterocycles. The highest BCUT2D eigenvalue weighted by Gasteiger charge is 2.32. The second kappa shape index (κ2) is 6.81. The summed E-state index contributed by atoms with van der Waals surface area (Å²) in [6, 6.07) is 4.89. The Morgan fingerprint density at radius 1 is 1.27 bits per heavy atom. The van der Waals surface area contributed by atoms with Gasteiger partial charge in [-0.05, 0) is 43.2 Å². The SMILES string of the molecule is Cc1cc(C(F)(F)F)cc(O)c1-c1ccc(N[C@H]2CCC(=O)NC2)nn1.